The molecule has 3 heterocycles. The molecule has 2 aliphatic heterocycles. The van der Waals surface area contributed by atoms with Crippen LogP contribution in [-0.2, 0) is 0 Å². The second kappa shape index (κ2) is 5.85. The molecule has 5 rings (SSSR count). The van der Waals surface area contributed by atoms with Gasteiger partial charge in [-0.15, -0.1) is 0 Å². The largest absolute Gasteiger partial charge is 0.391 e. The zero-order chi connectivity index (χ0) is 17.1. The van der Waals surface area contributed by atoms with Crippen molar-refractivity contribution in [1.29, 1.82) is 0 Å². The first-order chi connectivity index (χ1) is 12.1. The van der Waals surface area contributed by atoms with Crippen molar-refractivity contribution in [1.82, 2.24) is 4.98 Å². The van der Waals surface area contributed by atoms with Crippen molar-refractivity contribution in [3.05, 3.63) is 47.9 Å². The number of β-amino-alcohol motifs (C(OH)–C–C–N with tert-alkyl or cyclic N) is 1. The molecule has 2 aromatic carbocycles. The summed E-state index contributed by atoms with van der Waals surface area (Å²) in [5, 5.41) is 13.8. The van der Waals surface area contributed by atoms with Gasteiger partial charge in [0.15, 0.2) is 0 Å². The number of amides is 1. The molecule has 1 atom stereocenters. The molecule has 0 spiro atoms. The monoisotopic (exact) mass is 353 g/mol. The van der Waals surface area contributed by atoms with E-state index in [9.17, 15) is 14.3 Å². The smallest absolute Gasteiger partial charge is 0.257 e. The van der Waals surface area contributed by atoms with Gasteiger partial charge in [-0.3, -0.25) is 4.79 Å². The molecule has 0 radical (unpaired) electrons. The van der Waals surface area contributed by atoms with Crippen LogP contribution in [0, 0.1) is 5.82 Å². The van der Waals surface area contributed by atoms with Crippen LogP contribution < -0.4 is 10.2 Å². The number of aliphatic hydroxyl groups excluding tert-OH is 1. The second-order valence-corrected chi connectivity index (χ2v) is 6.59. The van der Waals surface area contributed by atoms with Crippen LogP contribution in [-0.4, -0.2) is 35.2 Å². The normalized spacial score (nSPS) is 18.3. The Balaban J connectivity index is 0.00000168. The lowest BCUT2D eigenvalue weighted by Gasteiger charge is -2.22. The number of nitrogens with zero attached hydrogens (tertiary/aromatic N) is 1. The van der Waals surface area contributed by atoms with E-state index in [4.69, 9.17) is 0 Å². The van der Waals surface area contributed by atoms with Gasteiger partial charge in [0.25, 0.3) is 5.91 Å². The molecule has 5 nitrogen and oxygen atoms in total. The summed E-state index contributed by atoms with van der Waals surface area (Å²) >= 11 is 0. The van der Waals surface area contributed by atoms with Gasteiger partial charge in [-0.1, -0.05) is 7.43 Å². The highest BCUT2D eigenvalue weighted by Crippen LogP contribution is 2.45. The number of rotatable bonds is 2. The van der Waals surface area contributed by atoms with Crippen LogP contribution in [0.4, 0.5) is 15.8 Å². The van der Waals surface area contributed by atoms with Crippen molar-refractivity contribution < 1.29 is 14.3 Å². The number of anilines is 2. The zero-order valence-electron chi connectivity index (χ0n) is 13.3. The number of nitrogens with one attached hydrogen (secondary N) is 2. The Hall–Kier alpha value is -2.86. The predicted molar refractivity (Wildman–Crippen MR) is 101 cm³/mol. The van der Waals surface area contributed by atoms with Crippen molar-refractivity contribution >= 4 is 28.1 Å². The number of halogens is 1. The van der Waals surface area contributed by atoms with Gasteiger partial charge in [-0.2, -0.15) is 0 Å². The van der Waals surface area contributed by atoms with E-state index < -0.39 is 6.10 Å². The molecule has 3 N–H and O–H groups in total. The maximum Gasteiger partial charge on any atom is 0.257 e. The molecule has 2 aliphatic rings. The van der Waals surface area contributed by atoms with E-state index in [2.05, 4.69) is 10.3 Å². The average molecular weight is 353 g/mol. The van der Waals surface area contributed by atoms with Crippen molar-refractivity contribution in [3.8, 4) is 11.3 Å². The van der Waals surface area contributed by atoms with E-state index in [1.165, 1.54) is 6.07 Å². The summed E-state index contributed by atoms with van der Waals surface area (Å²) in [5.41, 5.74) is 3.40. The van der Waals surface area contributed by atoms with E-state index in [0.29, 0.717) is 41.5 Å². The van der Waals surface area contributed by atoms with Gasteiger partial charge < -0.3 is 20.3 Å². The molecule has 0 unspecified atom stereocenters. The van der Waals surface area contributed by atoms with E-state index in [0.717, 1.165) is 16.9 Å². The molecule has 0 bridgehead atoms. The van der Waals surface area contributed by atoms with Crippen molar-refractivity contribution in [3.63, 3.8) is 0 Å². The number of H-pyrrole nitrogens is 1. The fourth-order valence-electron chi connectivity index (χ4n) is 3.95. The Morgan fingerprint density at radius 1 is 1.23 bits per heavy atom. The standard InChI is InChI=1S/C19H16FN3O2.CH4/c20-12-3-4-14-18-16(19(25)22-14)11(13-2-1-6-21-13)8-15(17(12)18)23-7-5-10(24)9-23;/h1-4,6,8,10,21,24H,5,7,9H2,(H,22,25);1H4/t10-;/m1./s1. The van der Waals surface area contributed by atoms with E-state index >= 15 is 0 Å². The fourth-order valence-corrected chi connectivity index (χ4v) is 3.95. The predicted octanol–water partition coefficient (Wildman–Crippen LogP) is 3.75. The molecule has 6 heteroatoms. The molecule has 1 saturated heterocycles. The highest BCUT2D eigenvalue weighted by molar-refractivity contribution is 6.28. The van der Waals surface area contributed by atoms with Crippen molar-refractivity contribution in [2.75, 3.05) is 23.3 Å². The number of hydrogen-bond acceptors (Lipinski definition) is 3. The highest BCUT2D eigenvalue weighted by atomic mass is 19.1. The van der Waals surface area contributed by atoms with Crippen LogP contribution in [0.3, 0.4) is 0 Å². The number of carbonyl (C=O) groups excluding carboxylic acids is 1. The minimum absolute atomic E-state index is 0. The van der Waals surface area contributed by atoms with Gasteiger partial charge >= 0.3 is 0 Å². The fraction of sp³-hybridized carbons (Fsp3) is 0.250. The molecule has 26 heavy (non-hydrogen) atoms. The zero-order valence-corrected chi connectivity index (χ0v) is 13.3. The molecule has 0 saturated carbocycles. The number of benzene rings is 2. The third kappa shape index (κ3) is 2.22. The summed E-state index contributed by atoms with van der Waals surface area (Å²) in [7, 11) is 0. The Labute approximate surface area is 150 Å². The van der Waals surface area contributed by atoms with Crippen LogP contribution in [0.15, 0.2) is 36.5 Å². The molecular weight excluding hydrogens is 333 g/mol. The Bertz CT molecular complexity index is 1010. The summed E-state index contributed by atoms with van der Waals surface area (Å²) < 4.78 is 14.8. The van der Waals surface area contributed by atoms with E-state index in [1.807, 2.05) is 23.1 Å². The number of aliphatic hydroxyl groups is 1. The lowest BCUT2D eigenvalue weighted by molar-refractivity contribution is 0.103. The molecular formula is C20H20FN3O2. The van der Waals surface area contributed by atoms with Crippen LogP contribution in [0.1, 0.15) is 24.2 Å². The Morgan fingerprint density at radius 3 is 2.77 bits per heavy atom. The average Bonchev–Trinajstić information content (AvgIpc) is 3.32. The number of aromatic amines is 1. The van der Waals surface area contributed by atoms with Gasteiger partial charge in [0.2, 0.25) is 0 Å². The Kier molecular flexibility index (Phi) is 3.73. The quantitative estimate of drug-likeness (QED) is 0.657. The first kappa shape index (κ1) is 16.6. The molecule has 3 aromatic rings. The first-order valence-electron chi connectivity index (χ1n) is 8.31. The number of aromatic nitrogens is 1. The molecule has 1 aromatic heterocycles. The van der Waals surface area contributed by atoms with Gasteiger partial charge in [0, 0.05) is 52.7 Å². The van der Waals surface area contributed by atoms with Gasteiger partial charge in [0.05, 0.1) is 11.7 Å². The lowest BCUT2D eigenvalue weighted by Crippen LogP contribution is -2.22. The topological polar surface area (TPSA) is 68.4 Å². The van der Waals surface area contributed by atoms with Crippen molar-refractivity contribution in [2.24, 2.45) is 0 Å². The van der Waals surface area contributed by atoms with Gasteiger partial charge in [-0.25, -0.2) is 4.39 Å². The third-order valence-electron chi connectivity index (χ3n) is 5.08. The van der Waals surface area contributed by atoms with Crippen LogP contribution in [0.5, 0.6) is 0 Å². The molecule has 134 valence electrons. The summed E-state index contributed by atoms with van der Waals surface area (Å²) in [6.45, 7) is 1.12. The molecule has 1 amide bonds. The van der Waals surface area contributed by atoms with Crippen molar-refractivity contribution in [2.45, 2.75) is 20.0 Å². The van der Waals surface area contributed by atoms with E-state index in [1.54, 1.807) is 12.3 Å². The Morgan fingerprint density at radius 2 is 2.08 bits per heavy atom. The summed E-state index contributed by atoms with van der Waals surface area (Å²) in [6.07, 6.45) is 2.03. The molecule has 1 fully saturated rings. The summed E-state index contributed by atoms with van der Waals surface area (Å²) in [5.74, 6) is -0.575. The SMILES string of the molecule is C.O=C1Nc2ccc(F)c3c(N4CC[C@@H](O)C4)cc(-c4ccc[nH]4)c1c23. The number of carbonyl (C=O) groups is 1. The van der Waals surface area contributed by atoms with E-state index in [-0.39, 0.29) is 19.2 Å². The highest BCUT2D eigenvalue weighted by Gasteiger charge is 2.32. The maximum absolute atomic E-state index is 14.8. The van der Waals surface area contributed by atoms with Gasteiger partial charge in [-0.05, 0) is 36.8 Å². The minimum Gasteiger partial charge on any atom is -0.391 e. The second-order valence-electron chi connectivity index (χ2n) is 6.59. The maximum atomic E-state index is 14.8. The van der Waals surface area contributed by atoms with Crippen LogP contribution in [0.25, 0.3) is 22.0 Å². The lowest BCUT2D eigenvalue weighted by atomic mass is 9.95. The molecule has 0 aliphatic carbocycles. The summed E-state index contributed by atoms with van der Waals surface area (Å²) in [6, 6.07) is 8.61. The van der Waals surface area contributed by atoms with Crippen LogP contribution in [0.2, 0.25) is 0 Å². The first-order valence-corrected chi connectivity index (χ1v) is 8.31. The minimum atomic E-state index is -0.417. The van der Waals surface area contributed by atoms with Crippen LogP contribution >= 0.6 is 0 Å². The number of hydrogen-bond donors (Lipinski definition) is 3. The third-order valence-corrected chi connectivity index (χ3v) is 5.08. The van der Waals surface area contributed by atoms with Gasteiger partial charge in [0.1, 0.15) is 5.82 Å². The summed E-state index contributed by atoms with van der Waals surface area (Å²) in [4.78, 5) is 17.7.